The van der Waals surface area contributed by atoms with E-state index in [1.807, 2.05) is 0 Å². The van der Waals surface area contributed by atoms with Crippen LogP contribution in [-0.4, -0.2) is 31.6 Å². The van der Waals surface area contributed by atoms with Gasteiger partial charge in [0.1, 0.15) is 5.56 Å². The second-order valence-electron chi connectivity index (χ2n) is 8.55. The fraction of sp³-hybridized carbons (Fsp3) is 0.115. The third-order valence-corrected chi connectivity index (χ3v) is 6.66. The molecule has 0 saturated heterocycles. The van der Waals surface area contributed by atoms with Crippen LogP contribution in [0.3, 0.4) is 0 Å². The van der Waals surface area contributed by atoms with Gasteiger partial charge in [-0.25, -0.2) is 14.4 Å². The molecule has 3 aromatic heterocycles. The van der Waals surface area contributed by atoms with Gasteiger partial charge in [-0.05, 0) is 48.0 Å². The predicted molar refractivity (Wildman–Crippen MR) is 138 cm³/mol. The summed E-state index contributed by atoms with van der Waals surface area (Å²) in [5.74, 6) is -2.38. The molecule has 9 nitrogen and oxygen atoms in total. The highest BCUT2D eigenvalue weighted by Gasteiger charge is 2.34. The Balaban J connectivity index is 1.28. The van der Waals surface area contributed by atoms with Crippen LogP contribution in [0.2, 0.25) is 0 Å². The zero-order valence-corrected chi connectivity index (χ0v) is 21.3. The standard InChI is InChI=1S/C26H18F4N6O3S/c1-36-18(12-21(35-36)26(28,29)30)14-5-7-20-17(11-14)33-25(40-20)34-22(37)10-13-4-6-19(16(27)9-13)39-24-15(23(31)38)3-2-8-32-24/h2-9,11-12H,10H2,1H3,(H2,31,38)(H,33,34,37). The predicted octanol–water partition coefficient (Wildman–Crippen LogP) is 5.32. The molecular formula is C26H18F4N6O3S. The second-order valence-corrected chi connectivity index (χ2v) is 9.58. The molecule has 40 heavy (non-hydrogen) atoms. The number of alkyl halides is 3. The van der Waals surface area contributed by atoms with Crippen LogP contribution in [0.1, 0.15) is 21.6 Å². The van der Waals surface area contributed by atoms with E-state index >= 15 is 0 Å². The molecule has 2 amide bonds. The largest absolute Gasteiger partial charge is 0.435 e. The molecule has 0 saturated carbocycles. The summed E-state index contributed by atoms with van der Waals surface area (Å²) in [7, 11) is 1.42. The minimum absolute atomic E-state index is 0.0142. The molecule has 0 fully saturated rings. The zero-order chi connectivity index (χ0) is 28.6. The Morgan fingerprint density at radius 3 is 2.62 bits per heavy atom. The zero-order valence-electron chi connectivity index (χ0n) is 20.5. The van der Waals surface area contributed by atoms with E-state index in [9.17, 15) is 27.2 Å². The van der Waals surface area contributed by atoms with E-state index in [4.69, 9.17) is 10.5 Å². The van der Waals surface area contributed by atoms with Gasteiger partial charge in [-0.15, -0.1) is 0 Å². The first-order valence-corrected chi connectivity index (χ1v) is 12.3. The third kappa shape index (κ3) is 5.61. The Labute approximate surface area is 227 Å². The van der Waals surface area contributed by atoms with Gasteiger partial charge in [0.2, 0.25) is 11.8 Å². The Morgan fingerprint density at radius 2 is 1.93 bits per heavy atom. The number of aryl methyl sites for hydroxylation is 1. The summed E-state index contributed by atoms with van der Waals surface area (Å²) < 4.78 is 61.0. The summed E-state index contributed by atoms with van der Waals surface area (Å²) in [4.78, 5) is 32.4. The summed E-state index contributed by atoms with van der Waals surface area (Å²) in [6.45, 7) is 0. The molecule has 3 heterocycles. The lowest BCUT2D eigenvalue weighted by atomic mass is 10.1. The lowest BCUT2D eigenvalue weighted by molar-refractivity contribution is -0.141. The maximum absolute atomic E-state index is 14.7. The van der Waals surface area contributed by atoms with Crippen molar-refractivity contribution in [2.45, 2.75) is 12.6 Å². The summed E-state index contributed by atoms with van der Waals surface area (Å²) in [5.41, 5.74) is 5.83. The van der Waals surface area contributed by atoms with Gasteiger partial charge in [0.15, 0.2) is 22.4 Å². The highest BCUT2D eigenvalue weighted by molar-refractivity contribution is 7.22. The number of hydrogen-bond donors (Lipinski definition) is 2. The number of pyridine rings is 1. The number of halogens is 4. The summed E-state index contributed by atoms with van der Waals surface area (Å²) in [6.07, 6.45) is -3.38. The molecule has 0 spiro atoms. The molecule has 0 atom stereocenters. The average molecular weight is 571 g/mol. The number of benzene rings is 2. The number of anilines is 1. The van der Waals surface area contributed by atoms with Crippen LogP contribution >= 0.6 is 11.3 Å². The summed E-state index contributed by atoms with van der Waals surface area (Å²) in [6, 6.07) is 12.7. The molecule has 5 rings (SSSR count). The number of nitrogens with one attached hydrogen (secondary N) is 1. The van der Waals surface area contributed by atoms with Crippen LogP contribution in [0.25, 0.3) is 21.5 Å². The molecule has 5 aromatic rings. The van der Waals surface area contributed by atoms with Gasteiger partial charge < -0.3 is 15.8 Å². The van der Waals surface area contributed by atoms with E-state index in [2.05, 4.69) is 20.4 Å². The number of rotatable bonds is 7. The quantitative estimate of drug-likeness (QED) is 0.255. The van der Waals surface area contributed by atoms with Crippen molar-refractivity contribution in [1.29, 1.82) is 0 Å². The number of carbonyl (C=O) groups is 2. The van der Waals surface area contributed by atoms with Crippen molar-refractivity contribution in [2.75, 3.05) is 5.32 Å². The van der Waals surface area contributed by atoms with Crippen molar-refractivity contribution in [3.63, 3.8) is 0 Å². The van der Waals surface area contributed by atoms with E-state index < -0.39 is 29.5 Å². The molecule has 0 radical (unpaired) electrons. The number of nitrogens with two attached hydrogens (primary N) is 1. The molecule has 14 heteroatoms. The maximum Gasteiger partial charge on any atom is 0.435 e. The smallest absolute Gasteiger partial charge is 0.435 e. The number of amides is 2. The van der Waals surface area contributed by atoms with E-state index in [1.54, 1.807) is 18.2 Å². The topological polar surface area (TPSA) is 125 Å². The molecule has 2 aromatic carbocycles. The number of ether oxygens (including phenoxy) is 1. The van der Waals surface area contributed by atoms with Crippen molar-refractivity contribution in [1.82, 2.24) is 19.7 Å². The van der Waals surface area contributed by atoms with Crippen molar-refractivity contribution in [2.24, 2.45) is 12.8 Å². The molecule has 0 aliphatic heterocycles. The summed E-state index contributed by atoms with van der Waals surface area (Å²) >= 11 is 1.18. The van der Waals surface area contributed by atoms with Gasteiger partial charge >= 0.3 is 6.18 Å². The van der Waals surface area contributed by atoms with Gasteiger partial charge in [0.05, 0.1) is 22.3 Å². The number of fused-ring (bicyclic) bond motifs is 1. The van der Waals surface area contributed by atoms with E-state index in [0.29, 0.717) is 21.3 Å². The van der Waals surface area contributed by atoms with Gasteiger partial charge in [-0.1, -0.05) is 23.5 Å². The Kier molecular flexibility index (Phi) is 6.94. The molecule has 0 aliphatic rings. The maximum atomic E-state index is 14.7. The average Bonchev–Trinajstić information content (AvgIpc) is 3.48. The lowest BCUT2D eigenvalue weighted by Crippen LogP contribution is -2.14. The van der Waals surface area contributed by atoms with Gasteiger partial charge in [0.25, 0.3) is 5.91 Å². The van der Waals surface area contributed by atoms with E-state index in [1.165, 1.54) is 48.8 Å². The fourth-order valence-corrected chi connectivity index (χ4v) is 4.73. The molecule has 204 valence electrons. The van der Waals surface area contributed by atoms with Crippen molar-refractivity contribution >= 4 is 38.5 Å². The van der Waals surface area contributed by atoms with Gasteiger partial charge in [-0.2, -0.15) is 18.3 Å². The van der Waals surface area contributed by atoms with Crippen molar-refractivity contribution < 1.29 is 31.9 Å². The number of carbonyl (C=O) groups excluding carboxylic acids is 2. The minimum atomic E-state index is -4.57. The normalized spacial score (nSPS) is 11.5. The van der Waals surface area contributed by atoms with E-state index in [-0.39, 0.29) is 34.4 Å². The number of nitrogens with zero attached hydrogens (tertiary/aromatic N) is 4. The molecule has 0 unspecified atom stereocenters. The third-order valence-electron chi connectivity index (χ3n) is 5.70. The number of primary amides is 1. The van der Waals surface area contributed by atoms with Crippen LogP contribution < -0.4 is 15.8 Å². The molecule has 0 aliphatic carbocycles. The van der Waals surface area contributed by atoms with Crippen molar-refractivity contribution in [3.05, 3.63) is 83.4 Å². The number of hydrogen-bond acceptors (Lipinski definition) is 7. The number of aromatic nitrogens is 4. The first-order valence-electron chi connectivity index (χ1n) is 11.5. The number of thiazole rings is 1. The first-order chi connectivity index (χ1) is 19.0. The van der Waals surface area contributed by atoms with Gasteiger partial charge in [-0.3, -0.25) is 14.3 Å². The fourth-order valence-electron chi connectivity index (χ4n) is 3.87. The Bertz CT molecular complexity index is 1770. The van der Waals surface area contributed by atoms with Crippen LogP contribution in [0.5, 0.6) is 11.6 Å². The first kappa shape index (κ1) is 26.7. The van der Waals surface area contributed by atoms with Crippen LogP contribution in [0.4, 0.5) is 22.7 Å². The van der Waals surface area contributed by atoms with E-state index in [0.717, 1.165) is 16.8 Å². The second kappa shape index (κ2) is 10.4. The Hall–Kier alpha value is -4.85. The minimum Gasteiger partial charge on any atom is -0.435 e. The lowest BCUT2D eigenvalue weighted by Gasteiger charge is -2.09. The Morgan fingerprint density at radius 1 is 1.12 bits per heavy atom. The van der Waals surface area contributed by atoms with Gasteiger partial charge in [0, 0.05) is 18.8 Å². The molecule has 3 N–H and O–H groups in total. The monoisotopic (exact) mass is 570 g/mol. The summed E-state index contributed by atoms with van der Waals surface area (Å²) in [5, 5.41) is 6.45. The van der Waals surface area contributed by atoms with Crippen LogP contribution in [0, 0.1) is 5.82 Å². The SMILES string of the molecule is Cn1nc(C(F)(F)F)cc1-c1ccc2sc(NC(=O)Cc3ccc(Oc4ncccc4C(N)=O)c(F)c3)nc2c1. The highest BCUT2D eigenvalue weighted by atomic mass is 32.1. The highest BCUT2D eigenvalue weighted by Crippen LogP contribution is 2.34. The van der Waals surface area contributed by atoms with Crippen LogP contribution in [-0.2, 0) is 24.4 Å². The van der Waals surface area contributed by atoms with Crippen LogP contribution in [0.15, 0.2) is 60.8 Å². The molecular weight excluding hydrogens is 552 g/mol. The molecule has 0 bridgehead atoms. The van der Waals surface area contributed by atoms with Crippen molar-refractivity contribution in [3.8, 4) is 22.9 Å².